The molecule has 2 N–H and O–H groups in total. The Kier molecular flexibility index (Phi) is 6.68. The summed E-state index contributed by atoms with van der Waals surface area (Å²) in [5, 5.41) is 8.73. The number of carbonyl (C=O) groups is 1. The van der Waals surface area contributed by atoms with Gasteiger partial charge >= 0.3 is 0 Å². The fraction of sp³-hybridized carbons (Fsp3) is 0.533. The first-order valence-corrected chi connectivity index (χ1v) is 6.90. The molecule has 5 nitrogen and oxygen atoms in total. The van der Waals surface area contributed by atoms with Crippen LogP contribution in [0.2, 0.25) is 0 Å². The Morgan fingerprint density at radius 1 is 1.60 bits per heavy atom. The minimum absolute atomic E-state index is 0.0987. The summed E-state index contributed by atoms with van der Waals surface area (Å²) in [7, 11) is 0. The lowest BCUT2D eigenvalue weighted by molar-refractivity contribution is -0.134. The summed E-state index contributed by atoms with van der Waals surface area (Å²) in [5.41, 5.74) is 6.95. The van der Waals surface area contributed by atoms with Gasteiger partial charge in [0.1, 0.15) is 0 Å². The maximum Gasteiger partial charge on any atom is 0.240 e. The number of hydrogen-bond donors (Lipinski definition) is 1. The second-order valence-corrected chi connectivity index (χ2v) is 4.94. The molecule has 2 atom stereocenters. The fourth-order valence-corrected chi connectivity index (χ4v) is 1.87. The van der Waals surface area contributed by atoms with Crippen molar-refractivity contribution in [3.05, 3.63) is 30.1 Å². The van der Waals surface area contributed by atoms with Crippen molar-refractivity contribution in [2.24, 2.45) is 11.7 Å². The van der Waals surface area contributed by atoms with E-state index < -0.39 is 6.04 Å². The molecule has 0 fully saturated rings. The Morgan fingerprint density at radius 2 is 2.35 bits per heavy atom. The van der Waals surface area contributed by atoms with Crippen molar-refractivity contribution in [2.75, 3.05) is 6.54 Å². The molecule has 1 rings (SSSR count). The molecule has 0 radical (unpaired) electrons. The van der Waals surface area contributed by atoms with E-state index in [1.807, 2.05) is 26.0 Å². The molecule has 1 heterocycles. The number of aromatic nitrogens is 1. The van der Waals surface area contributed by atoms with Gasteiger partial charge in [-0.25, -0.2) is 0 Å². The summed E-state index contributed by atoms with van der Waals surface area (Å²) in [5.74, 6) is 0.0273. The van der Waals surface area contributed by atoms with Gasteiger partial charge in [0.2, 0.25) is 5.91 Å². The van der Waals surface area contributed by atoms with Crippen LogP contribution in [0.5, 0.6) is 0 Å². The lowest BCUT2D eigenvalue weighted by Crippen LogP contribution is -2.47. The molecule has 1 amide bonds. The van der Waals surface area contributed by atoms with Crippen LogP contribution in [-0.4, -0.2) is 28.4 Å². The minimum atomic E-state index is -0.518. The predicted molar refractivity (Wildman–Crippen MR) is 77.3 cm³/mol. The average Bonchev–Trinajstić information content (AvgIpc) is 2.50. The molecular weight excluding hydrogens is 252 g/mol. The summed E-state index contributed by atoms with van der Waals surface area (Å²) in [6, 6.07) is 5.29. The highest BCUT2D eigenvalue weighted by molar-refractivity contribution is 5.82. The lowest BCUT2D eigenvalue weighted by atomic mass is 9.98. The predicted octanol–water partition coefficient (Wildman–Crippen LogP) is 1.70. The van der Waals surface area contributed by atoms with Gasteiger partial charge in [0, 0.05) is 25.5 Å². The third-order valence-corrected chi connectivity index (χ3v) is 3.44. The number of carbonyl (C=O) groups excluding carboxylic acids is 1. The first-order valence-electron chi connectivity index (χ1n) is 6.90. The summed E-state index contributed by atoms with van der Waals surface area (Å²) in [6.07, 6.45) is 4.57. The number of pyridine rings is 1. The first kappa shape index (κ1) is 16.1. The summed E-state index contributed by atoms with van der Waals surface area (Å²) in [4.78, 5) is 18.1. The Bertz CT molecular complexity index is 455. The normalized spacial score (nSPS) is 13.3. The Hall–Kier alpha value is -1.93. The minimum Gasteiger partial charge on any atom is -0.336 e. The number of nitriles is 1. The molecule has 0 aliphatic rings. The van der Waals surface area contributed by atoms with Crippen LogP contribution < -0.4 is 5.73 Å². The van der Waals surface area contributed by atoms with Crippen molar-refractivity contribution in [3.63, 3.8) is 0 Å². The van der Waals surface area contributed by atoms with Crippen molar-refractivity contribution in [1.29, 1.82) is 5.26 Å². The van der Waals surface area contributed by atoms with Crippen LogP contribution in [-0.2, 0) is 11.3 Å². The van der Waals surface area contributed by atoms with Crippen molar-refractivity contribution in [2.45, 2.75) is 39.3 Å². The monoisotopic (exact) mass is 274 g/mol. The zero-order chi connectivity index (χ0) is 15.0. The van der Waals surface area contributed by atoms with E-state index >= 15 is 0 Å². The van der Waals surface area contributed by atoms with E-state index in [0.29, 0.717) is 19.5 Å². The third-order valence-electron chi connectivity index (χ3n) is 3.44. The second-order valence-electron chi connectivity index (χ2n) is 4.94. The molecule has 0 aliphatic heterocycles. The molecule has 0 saturated heterocycles. The molecule has 2 unspecified atom stereocenters. The second kappa shape index (κ2) is 8.28. The molecule has 20 heavy (non-hydrogen) atoms. The SMILES string of the molecule is CCC(C)C(N)C(=O)N(CCC#N)Cc1cccnc1. The molecule has 0 aromatic carbocycles. The van der Waals surface area contributed by atoms with Gasteiger partial charge in [-0.05, 0) is 17.5 Å². The lowest BCUT2D eigenvalue weighted by Gasteiger charge is -2.27. The highest BCUT2D eigenvalue weighted by Crippen LogP contribution is 2.11. The van der Waals surface area contributed by atoms with Crippen molar-refractivity contribution < 1.29 is 4.79 Å². The van der Waals surface area contributed by atoms with Gasteiger partial charge in [-0.2, -0.15) is 5.26 Å². The zero-order valence-corrected chi connectivity index (χ0v) is 12.1. The maximum absolute atomic E-state index is 12.4. The van der Waals surface area contributed by atoms with Crippen LogP contribution in [0.4, 0.5) is 0 Å². The summed E-state index contributed by atoms with van der Waals surface area (Å²) in [6.45, 7) is 4.82. The smallest absolute Gasteiger partial charge is 0.240 e. The van der Waals surface area contributed by atoms with E-state index in [4.69, 9.17) is 11.0 Å². The average molecular weight is 274 g/mol. The van der Waals surface area contributed by atoms with E-state index in [1.54, 1.807) is 17.3 Å². The van der Waals surface area contributed by atoms with Gasteiger partial charge in [-0.3, -0.25) is 9.78 Å². The third kappa shape index (κ3) is 4.63. The van der Waals surface area contributed by atoms with Crippen LogP contribution in [0.25, 0.3) is 0 Å². The van der Waals surface area contributed by atoms with E-state index in [2.05, 4.69) is 11.1 Å². The van der Waals surface area contributed by atoms with Crippen LogP contribution in [0, 0.1) is 17.2 Å². The summed E-state index contributed by atoms with van der Waals surface area (Å²) >= 11 is 0. The van der Waals surface area contributed by atoms with Crippen molar-refractivity contribution in [1.82, 2.24) is 9.88 Å². The van der Waals surface area contributed by atoms with Gasteiger partial charge in [0.25, 0.3) is 0 Å². The molecule has 5 heteroatoms. The molecule has 1 aromatic heterocycles. The largest absolute Gasteiger partial charge is 0.336 e. The standard InChI is InChI=1S/C15H22N4O/c1-3-12(2)14(17)15(20)19(9-5-7-16)11-13-6-4-8-18-10-13/h4,6,8,10,12,14H,3,5,9,11,17H2,1-2H3. The van der Waals surface area contributed by atoms with E-state index in [9.17, 15) is 4.79 Å². The molecule has 108 valence electrons. The molecule has 0 bridgehead atoms. The van der Waals surface area contributed by atoms with E-state index in [0.717, 1.165) is 12.0 Å². The van der Waals surface area contributed by atoms with Gasteiger partial charge in [-0.1, -0.05) is 26.3 Å². The van der Waals surface area contributed by atoms with Crippen LogP contribution in [0.1, 0.15) is 32.3 Å². The van der Waals surface area contributed by atoms with Gasteiger partial charge in [0.05, 0.1) is 18.5 Å². The van der Waals surface area contributed by atoms with E-state index in [1.165, 1.54) is 0 Å². The number of rotatable bonds is 7. The Labute approximate surface area is 120 Å². The maximum atomic E-state index is 12.4. The highest BCUT2D eigenvalue weighted by Gasteiger charge is 2.24. The first-order chi connectivity index (χ1) is 9.60. The van der Waals surface area contributed by atoms with Gasteiger partial charge in [-0.15, -0.1) is 0 Å². The molecule has 0 saturated carbocycles. The summed E-state index contributed by atoms with van der Waals surface area (Å²) < 4.78 is 0. The van der Waals surface area contributed by atoms with Crippen LogP contribution in [0.15, 0.2) is 24.5 Å². The topological polar surface area (TPSA) is 83.0 Å². The fourth-order valence-electron chi connectivity index (χ4n) is 1.87. The van der Waals surface area contributed by atoms with E-state index in [-0.39, 0.29) is 11.8 Å². The van der Waals surface area contributed by atoms with Gasteiger partial charge in [0.15, 0.2) is 0 Å². The zero-order valence-electron chi connectivity index (χ0n) is 12.1. The number of amides is 1. The Morgan fingerprint density at radius 3 is 2.90 bits per heavy atom. The highest BCUT2D eigenvalue weighted by atomic mass is 16.2. The van der Waals surface area contributed by atoms with Crippen LogP contribution in [0.3, 0.4) is 0 Å². The van der Waals surface area contributed by atoms with Gasteiger partial charge < -0.3 is 10.6 Å². The number of nitrogens with two attached hydrogens (primary N) is 1. The molecule has 1 aromatic rings. The molecular formula is C15H22N4O. The number of nitrogens with zero attached hydrogens (tertiary/aromatic N) is 3. The molecule has 0 spiro atoms. The number of hydrogen-bond acceptors (Lipinski definition) is 4. The Balaban J connectivity index is 2.78. The molecule has 0 aliphatic carbocycles. The van der Waals surface area contributed by atoms with Crippen molar-refractivity contribution >= 4 is 5.91 Å². The van der Waals surface area contributed by atoms with Crippen molar-refractivity contribution in [3.8, 4) is 6.07 Å². The van der Waals surface area contributed by atoms with Crippen LogP contribution >= 0.6 is 0 Å². The quantitative estimate of drug-likeness (QED) is 0.820.